The molecular formula is C16H20N2O. The Labute approximate surface area is 114 Å². The van der Waals surface area contributed by atoms with Crippen LogP contribution in [0.5, 0.6) is 5.75 Å². The highest BCUT2D eigenvalue weighted by atomic mass is 16.5. The summed E-state index contributed by atoms with van der Waals surface area (Å²) in [5.41, 5.74) is 3.30. The molecule has 100 valence electrons. The molecule has 0 aliphatic heterocycles. The van der Waals surface area contributed by atoms with Crippen LogP contribution in [-0.4, -0.2) is 17.6 Å². The lowest BCUT2D eigenvalue weighted by Gasteiger charge is -2.16. The lowest BCUT2D eigenvalue weighted by atomic mass is 10.2. The molecule has 3 heteroatoms. The Morgan fingerprint density at radius 3 is 2.79 bits per heavy atom. The van der Waals surface area contributed by atoms with Crippen LogP contribution in [-0.2, 0) is 0 Å². The number of pyridine rings is 1. The highest BCUT2D eigenvalue weighted by Crippen LogP contribution is 2.14. The highest BCUT2D eigenvalue weighted by Gasteiger charge is 2.04. The summed E-state index contributed by atoms with van der Waals surface area (Å²) in [5.74, 6) is 0.917. The van der Waals surface area contributed by atoms with Gasteiger partial charge in [-0.15, -0.1) is 0 Å². The molecule has 1 aromatic carbocycles. The number of nitrogens with one attached hydrogen (secondary N) is 1. The summed E-state index contributed by atoms with van der Waals surface area (Å²) < 4.78 is 5.87. The molecule has 0 radical (unpaired) electrons. The molecule has 0 amide bonds. The third kappa shape index (κ3) is 4.28. The fraction of sp³-hybridized carbons (Fsp3) is 0.312. The van der Waals surface area contributed by atoms with E-state index in [0.29, 0.717) is 0 Å². The zero-order chi connectivity index (χ0) is 13.7. The van der Waals surface area contributed by atoms with Crippen LogP contribution in [0, 0.1) is 13.8 Å². The zero-order valence-corrected chi connectivity index (χ0v) is 11.7. The SMILES string of the molecule is Cc1cccc(OC(C)CNc2ccnc(C)c2)c1. The molecule has 0 aliphatic rings. The molecule has 1 unspecified atom stereocenters. The van der Waals surface area contributed by atoms with E-state index >= 15 is 0 Å². The first-order valence-electron chi connectivity index (χ1n) is 6.53. The van der Waals surface area contributed by atoms with Gasteiger partial charge in [-0.1, -0.05) is 12.1 Å². The monoisotopic (exact) mass is 256 g/mol. The van der Waals surface area contributed by atoms with Crippen LogP contribution in [0.3, 0.4) is 0 Å². The van der Waals surface area contributed by atoms with E-state index in [1.54, 1.807) is 0 Å². The van der Waals surface area contributed by atoms with Gasteiger partial charge in [0.05, 0.1) is 6.54 Å². The molecule has 3 nitrogen and oxygen atoms in total. The van der Waals surface area contributed by atoms with Crippen LogP contribution in [0.15, 0.2) is 42.6 Å². The third-order valence-electron chi connectivity index (χ3n) is 2.82. The summed E-state index contributed by atoms with van der Waals surface area (Å²) in [4.78, 5) is 4.17. The maximum absolute atomic E-state index is 5.87. The maximum Gasteiger partial charge on any atom is 0.120 e. The number of ether oxygens (including phenoxy) is 1. The predicted octanol–water partition coefficient (Wildman–Crippen LogP) is 3.58. The number of nitrogens with zero attached hydrogens (tertiary/aromatic N) is 1. The molecule has 0 fully saturated rings. The van der Waals surface area contributed by atoms with Crippen LogP contribution in [0.25, 0.3) is 0 Å². The van der Waals surface area contributed by atoms with Gasteiger partial charge < -0.3 is 10.1 Å². The maximum atomic E-state index is 5.87. The van der Waals surface area contributed by atoms with Crippen molar-refractivity contribution in [1.82, 2.24) is 4.98 Å². The molecule has 2 rings (SSSR count). The molecule has 1 aromatic heterocycles. The van der Waals surface area contributed by atoms with Crippen molar-refractivity contribution >= 4 is 5.69 Å². The summed E-state index contributed by atoms with van der Waals surface area (Å²) in [7, 11) is 0. The van der Waals surface area contributed by atoms with Gasteiger partial charge in [0.2, 0.25) is 0 Å². The minimum atomic E-state index is 0.107. The first-order chi connectivity index (χ1) is 9.13. The van der Waals surface area contributed by atoms with Crippen molar-refractivity contribution in [2.45, 2.75) is 26.9 Å². The summed E-state index contributed by atoms with van der Waals surface area (Å²) in [6.45, 7) is 6.87. The predicted molar refractivity (Wildman–Crippen MR) is 78.7 cm³/mol. The lowest BCUT2D eigenvalue weighted by Crippen LogP contribution is -2.22. The molecule has 19 heavy (non-hydrogen) atoms. The van der Waals surface area contributed by atoms with Crippen LogP contribution in [0.2, 0.25) is 0 Å². The van der Waals surface area contributed by atoms with E-state index in [-0.39, 0.29) is 6.10 Å². The summed E-state index contributed by atoms with van der Waals surface area (Å²) in [6.07, 6.45) is 1.92. The van der Waals surface area contributed by atoms with Crippen molar-refractivity contribution in [3.63, 3.8) is 0 Å². The molecule has 1 N–H and O–H groups in total. The molecule has 0 saturated carbocycles. The van der Waals surface area contributed by atoms with E-state index < -0.39 is 0 Å². The molecule has 0 spiro atoms. The van der Waals surface area contributed by atoms with Crippen LogP contribution >= 0.6 is 0 Å². The normalized spacial score (nSPS) is 11.9. The van der Waals surface area contributed by atoms with Crippen LogP contribution in [0.4, 0.5) is 5.69 Å². The molecule has 2 aromatic rings. The van der Waals surface area contributed by atoms with Crippen molar-refractivity contribution < 1.29 is 4.74 Å². The molecular weight excluding hydrogens is 236 g/mol. The zero-order valence-electron chi connectivity index (χ0n) is 11.7. The van der Waals surface area contributed by atoms with E-state index in [1.807, 2.05) is 43.5 Å². The van der Waals surface area contributed by atoms with Gasteiger partial charge in [0.1, 0.15) is 11.9 Å². The summed E-state index contributed by atoms with van der Waals surface area (Å²) in [5, 5.41) is 3.36. The summed E-state index contributed by atoms with van der Waals surface area (Å²) in [6, 6.07) is 12.1. The minimum Gasteiger partial charge on any atom is -0.489 e. The number of benzene rings is 1. The van der Waals surface area contributed by atoms with Gasteiger partial charge in [0, 0.05) is 17.6 Å². The van der Waals surface area contributed by atoms with Crippen molar-refractivity contribution in [2.24, 2.45) is 0 Å². The first-order valence-corrected chi connectivity index (χ1v) is 6.53. The third-order valence-corrected chi connectivity index (χ3v) is 2.82. The molecule has 1 atom stereocenters. The fourth-order valence-corrected chi connectivity index (χ4v) is 1.88. The van der Waals surface area contributed by atoms with E-state index in [4.69, 9.17) is 4.74 Å². The highest BCUT2D eigenvalue weighted by molar-refractivity contribution is 5.43. The quantitative estimate of drug-likeness (QED) is 0.888. The Kier molecular flexibility index (Phi) is 4.39. The fourth-order valence-electron chi connectivity index (χ4n) is 1.88. The standard InChI is InChI=1S/C16H20N2O/c1-12-5-4-6-16(9-12)19-14(3)11-18-15-7-8-17-13(2)10-15/h4-10,14H,11H2,1-3H3,(H,17,18). The van der Waals surface area contributed by atoms with Gasteiger partial charge in [-0.3, -0.25) is 4.98 Å². The Balaban J connectivity index is 1.86. The first kappa shape index (κ1) is 13.4. The van der Waals surface area contributed by atoms with Crippen LogP contribution < -0.4 is 10.1 Å². The van der Waals surface area contributed by atoms with Crippen molar-refractivity contribution in [3.8, 4) is 5.75 Å². The largest absolute Gasteiger partial charge is 0.489 e. The topological polar surface area (TPSA) is 34.1 Å². The average Bonchev–Trinajstić information content (AvgIpc) is 2.36. The van der Waals surface area contributed by atoms with Gasteiger partial charge in [-0.2, -0.15) is 0 Å². The number of aromatic nitrogens is 1. The smallest absolute Gasteiger partial charge is 0.120 e. The van der Waals surface area contributed by atoms with Gasteiger partial charge >= 0.3 is 0 Å². The van der Waals surface area contributed by atoms with Gasteiger partial charge in [-0.25, -0.2) is 0 Å². The number of hydrogen-bond acceptors (Lipinski definition) is 3. The van der Waals surface area contributed by atoms with E-state index in [9.17, 15) is 0 Å². The van der Waals surface area contributed by atoms with Crippen molar-refractivity contribution in [2.75, 3.05) is 11.9 Å². The second-order valence-corrected chi connectivity index (χ2v) is 4.81. The Morgan fingerprint density at radius 1 is 1.21 bits per heavy atom. The number of rotatable bonds is 5. The van der Waals surface area contributed by atoms with Crippen molar-refractivity contribution in [1.29, 1.82) is 0 Å². The molecule has 1 heterocycles. The summed E-state index contributed by atoms with van der Waals surface area (Å²) >= 11 is 0. The van der Waals surface area contributed by atoms with E-state index in [0.717, 1.165) is 23.7 Å². The Bertz CT molecular complexity index is 540. The van der Waals surface area contributed by atoms with Gasteiger partial charge in [0.15, 0.2) is 0 Å². The van der Waals surface area contributed by atoms with Gasteiger partial charge in [-0.05, 0) is 50.6 Å². The average molecular weight is 256 g/mol. The Hall–Kier alpha value is -2.03. The van der Waals surface area contributed by atoms with Gasteiger partial charge in [0.25, 0.3) is 0 Å². The Morgan fingerprint density at radius 2 is 2.05 bits per heavy atom. The minimum absolute atomic E-state index is 0.107. The second kappa shape index (κ2) is 6.23. The van der Waals surface area contributed by atoms with Crippen molar-refractivity contribution in [3.05, 3.63) is 53.9 Å². The van der Waals surface area contributed by atoms with Crippen LogP contribution in [0.1, 0.15) is 18.2 Å². The van der Waals surface area contributed by atoms with E-state index in [2.05, 4.69) is 30.2 Å². The second-order valence-electron chi connectivity index (χ2n) is 4.81. The molecule has 0 saturated heterocycles. The molecule has 0 aliphatic carbocycles. The number of hydrogen-bond donors (Lipinski definition) is 1. The number of aryl methyl sites for hydroxylation is 2. The lowest BCUT2D eigenvalue weighted by molar-refractivity contribution is 0.234. The van der Waals surface area contributed by atoms with E-state index in [1.165, 1.54) is 5.56 Å². The molecule has 0 bridgehead atoms. The number of anilines is 1.